The second-order valence-corrected chi connectivity index (χ2v) is 8.92. The number of hydrogen-bond donors (Lipinski definition) is 1. The van der Waals surface area contributed by atoms with Crippen molar-refractivity contribution < 1.29 is 26.4 Å². The predicted molar refractivity (Wildman–Crippen MR) is 113 cm³/mol. The van der Waals surface area contributed by atoms with Gasteiger partial charge in [-0.2, -0.15) is 18.4 Å². The number of thiocarbonyl (C=S) groups is 1. The third-order valence-electron chi connectivity index (χ3n) is 4.71. The number of aromatic nitrogens is 1. The Morgan fingerprint density at radius 3 is 2.44 bits per heavy atom. The Bertz CT molecular complexity index is 1210. The third-order valence-corrected chi connectivity index (χ3v) is 6.55. The van der Waals surface area contributed by atoms with Gasteiger partial charge in [0.2, 0.25) is 15.9 Å². The molecule has 0 aliphatic carbocycles. The van der Waals surface area contributed by atoms with Crippen molar-refractivity contribution in [3.63, 3.8) is 0 Å². The molecule has 1 aromatic heterocycles. The molecule has 1 N–H and O–H groups in total. The fraction of sp³-hybridized carbons (Fsp3) is 0.263. The fourth-order valence-electron chi connectivity index (χ4n) is 3.12. The van der Waals surface area contributed by atoms with Crippen LogP contribution in [-0.4, -0.2) is 38.0 Å². The van der Waals surface area contributed by atoms with Gasteiger partial charge in [-0.15, -0.1) is 0 Å². The van der Waals surface area contributed by atoms with Gasteiger partial charge in [0.15, 0.2) is 10.8 Å². The summed E-state index contributed by atoms with van der Waals surface area (Å²) in [6.45, 7) is 0.287. The highest BCUT2D eigenvalue weighted by atomic mass is 32.2. The maximum atomic E-state index is 13.4. The van der Waals surface area contributed by atoms with Crippen molar-refractivity contribution in [3.8, 4) is 6.07 Å². The first-order valence-corrected chi connectivity index (χ1v) is 11.0. The smallest absolute Gasteiger partial charge is 0.318 e. The molecule has 0 bridgehead atoms. The molecule has 1 aromatic carbocycles. The van der Waals surface area contributed by atoms with Crippen LogP contribution < -0.4 is 14.5 Å². The highest BCUT2D eigenvalue weighted by molar-refractivity contribution is 7.89. The molecule has 0 spiro atoms. The summed E-state index contributed by atoms with van der Waals surface area (Å²) < 4.78 is 66.2. The number of hydrogen-bond acceptors (Lipinski definition) is 6. The third kappa shape index (κ3) is 4.57. The summed E-state index contributed by atoms with van der Waals surface area (Å²) in [5, 5.41) is 8.86. The normalized spacial score (nSPS) is 15.5. The first kappa shape index (κ1) is 23.6. The standard InChI is InChI=1S/C19H16F3N5O3S2/c1-24-32(29,30)14-6-4-12(5-7-14)26-8-2-3-17(28)27(18(26)31)13-9-15(19(20,21)22)16(10-23)25-11-13/h4-7,9,11,24H,2-3,8H2,1H3. The van der Waals surface area contributed by atoms with Crippen LogP contribution in [0, 0.1) is 11.3 Å². The number of benzene rings is 1. The molecule has 1 aliphatic rings. The number of carbonyl (C=O) groups excluding carboxylic acids is 1. The van der Waals surface area contributed by atoms with Crippen LogP contribution in [0.25, 0.3) is 0 Å². The summed E-state index contributed by atoms with van der Waals surface area (Å²) in [5.41, 5.74) is -1.84. The van der Waals surface area contributed by atoms with Crippen LogP contribution in [0.1, 0.15) is 24.1 Å². The number of pyridine rings is 1. The minimum absolute atomic E-state index is 0.0172. The van der Waals surface area contributed by atoms with Crippen molar-refractivity contribution >= 4 is 44.6 Å². The lowest BCUT2D eigenvalue weighted by molar-refractivity contribution is -0.138. The molecule has 13 heteroatoms. The van der Waals surface area contributed by atoms with E-state index < -0.39 is 33.4 Å². The maximum Gasteiger partial charge on any atom is 0.419 e. The summed E-state index contributed by atoms with van der Waals surface area (Å²) in [6.07, 6.45) is -3.48. The van der Waals surface area contributed by atoms with E-state index in [-0.39, 0.29) is 28.7 Å². The van der Waals surface area contributed by atoms with Gasteiger partial charge in [0.1, 0.15) is 6.07 Å². The molecule has 0 unspecified atom stereocenters. The van der Waals surface area contributed by atoms with Gasteiger partial charge in [-0.05, 0) is 56.0 Å². The van der Waals surface area contributed by atoms with E-state index in [1.54, 1.807) is 0 Å². The van der Waals surface area contributed by atoms with Gasteiger partial charge in [0.05, 0.1) is 22.3 Å². The lowest BCUT2D eigenvalue weighted by Crippen LogP contribution is -2.44. The number of anilines is 2. The first-order valence-electron chi connectivity index (χ1n) is 9.15. The Balaban J connectivity index is 2.02. The lowest BCUT2D eigenvalue weighted by atomic mass is 10.1. The number of halogens is 3. The van der Waals surface area contributed by atoms with Crippen LogP contribution in [0.4, 0.5) is 24.5 Å². The van der Waals surface area contributed by atoms with E-state index in [1.807, 2.05) is 0 Å². The SMILES string of the molecule is CNS(=O)(=O)c1ccc(N2CCCC(=O)N(c3cnc(C#N)c(C(F)(F)F)c3)C2=S)cc1. The lowest BCUT2D eigenvalue weighted by Gasteiger charge is -2.30. The average molecular weight is 483 g/mol. The van der Waals surface area contributed by atoms with Crippen LogP contribution in [0.5, 0.6) is 0 Å². The van der Waals surface area contributed by atoms with Gasteiger partial charge in [-0.1, -0.05) is 0 Å². The van der Waals surface area contributed by atoms with E-state index in [4.69, 9.17) is 17.5 Å². The minimum Gasteiger partial charge on any atom is -0.318 e. The zero-order valence-electron chi connectivity index (χ0n) is 16.5. The molecule has 3 rings (SSSR count). The fourth-order valence-corrected chi connectivity index (χ4v) is 4.26. The Kier molecular flexibility index (Phi) is 6.49. The summed E-state index contributed by atoms with van der Waals surface area (Å²) in [4.78, 5) is 18.7. The van der Waals surface area contributed by atoms with Gasteiger partial charge in [-0.25, -0.2) is 18.1 Å². The number of sulfonamides is 1. The number of amides is 1. The van der Waals surface area contributed by atoms with Crippen molar-refractivity contribution in [1.82, 2.24) is 9.71 Å². The topological polar surface area (TPSA) is 106 Å². The van der Waals surface area contributed by atoms with Crippen molar-refractivity contribution in [3.05, 3.63) is 47.8 Å². The number of rotatable bonds is 4. The predicted octanol–water partition coefficient (Wildman–Crippen LogP) is 2.80. The molecule has 1 aliphatic heterocycles. The molecule has 1 saturated heterocycles. The van der Waals surface area contributed by atoms with E-state index in [2.05, 4.69) is 9.71 Å². The number of carbonyl (C=O) groups is 1. The van der Waals surface area contributed by atoms with E-state index in [0.717, 1.165) is 11.1 Å². The van der Waals surface area contributed by atoms with E-state index in [1.165, 1.54) is 42.3 Å². The quantitative estimate of drug-likeness (QED) is 0.667. The highest BCUT2D eigenvalue weighted by Gasteiger charge is 2.37. The van der Waals surface area contributed by atoms with Gasteiger partial charge in [-0.3, -0.25) is 9.69 Å². The van der Waals surface area contributed by atoms with Crippen molar-refractivity contribution in [2.75, 3.05) is 23.4 Å². The first-order chi connectivity index (χ1) is 15.0. The molecule has 0 atom stereocenters. The molecular weight excluding hydrogens is 467 g/mol. The van der Waals surface area contributed by atoms with Crippen LogP contribution in [0.3, 0.4) is 0 Å². The summed E-state index contributed by atoms with van der Waals surface area (Å²) >= 11 is 5.43. The molecule has 1 amide bonds. The number of nitrogens with one attached hydrogen (secondary N) is 1. The van der Waals surface area contributed by atoms with Crippen molar-refractivity contribution in [2.24, 2.45) is 0 Å². The molecular formula is C19H16F3N5O3S2. The average Bonchev–Trinajstić information content (AvgIpc) is 2.90. The van der Waals surface area contributed by atoms with Gasteiger partial charge >= 0.3 is 6.18 Å². The summed E-state index contributed by atoms with van der Waals surface area (Å²) in [7, 11) is -2.39. The second kappa shape index (κ2) is 8.81. The number of alkyl halides is 3. The van der Waals surface area contributed by atoms with Gasteiger partial charge in [0, 0.05) is 18.7 Å². The van der Waals surface area contributed by atoms with Crippen LogP contribution in [0.2, 0.25) is 0 Å². The van der Waals surface area contributed by atoms with Crippen LogP contribution >= 0.6 is 12.2 Å². The Hall–Kier alpha value is -3.08. The van der Waals surface area contributed by atoms with E-state index in [9.17, 15) is 26.4 Å². The molecule has 2 heterocycles. The molecule has 0 radical (unpaired) electrons. The molecule has 32 heavy (non-hydrogen) atoms. The Labute approximate surface area is 187 Å². The summed E-state index contributed by atoms with van der Waals surface area (Å²) in [5.74, 6) is -0.522. The summed E-state index contributed by atoms with van der Waals surface area (Å²) in [6, 6.07) is 7.74. The Morgan fingerprint density at radius 2 is 1.88 bits per heavy atom. The zero-order valence-corrected chi connectivity index (χ0v) is 18.2. The number of nitriles is 1. The van der Waals surface area contributed by atoms with E-state index in [0.29, 0.717) is 18.2 Å². The van der Waals surface area contributed by atoms with Crippen LogP contribution in [-0.2, 0) is 21.0 Å². The molecule has 0 saturated carbocycles. The molecule has 1 fully saturated rings. The zero-order chi connectivity index (χ0) is 23.7. The Morgan fingerprint density at radius 1 is 1.22 bits per heavy atom. The van der Waals surface area contributed by atoms with E-state index >= 15 is 0 Å². The molecule has 2 aromatic rings. The molecule has 168 valence electrons. The van der Waals surface area contributed by atoms with Gasteiger partial charge < -0.3 is 4.90 Å². The monoisotopic (exact) mass is 483 g/mol. The molecule has 8 nitrogen and oxygen atoms in total. The van der Waals surface area contributed by atoms with Crippen molar-refractivity contribution in [1.29, 1.82) is 5.26 Å². The largest absolute Gasteiger partial charge is 0.419 e. The maximum absolute atomic E-state index is 13.4. The minimum atomic E-state index is -4.85. The number of nitrogens with zero attached hydrogens (tertiary/aromatic N) is 4. The van der Waals surface area contributed by atoms with Gasteiger partial charge in [0.25, 0.3) is 0 Å². The van der Waals surface area contributed by atoms with Crippen molar-refractivity contribution in [2.45, 2.75) is 23.9 Å². The second-order valence-electron chi connectivity index (χ2n) is 6.67. The van der Waals surface area contributed by atoms with Crippen LogP contribution in [0.15, 0.2) is 41.4 Å². The highest BCUT2D eigenvalue weighted by Crippen LogP contribution is 2.34.